The van der Waals surface area contributed by atoms with E-state index in [0.29, 0.717) is 34.6 Å². The molecule has 1 aliphatic heterocycles. The molecule has 0 radical (unpaired) electrons. The molecular weight excluding hydrogens is 391 g/mol. The average molecular weight is 409 g/mol. The van der Waals surface area contributed by atoms with Crippen molar-refractivity contribution in [3.05, 3.63) is 57.6 Å². The third-order valence-electron chi connectivity index (χ3n) is 4.19. The van der Waals surface area contributed by atoms with E-state index in [1.807, 2.05) is 18.2 Å². The second-order valence-corrected chi connectivity index (χ2v) is 6.88. The summed E-state index contributed by atoms with van der Waals surface area (Å²) < 4.78 is 10.2. The zero-order valence-electron chi connectivity index (χ0n) is 14.6. The van der Waals surface area contributed by atoms with Crippen LogP contribution in [0.1, 0.15) is 11.1 Å². The number of nitrogens with zero attached hydrogens (tertiary/aromatic N) is 1. The summed E-state index contributed by atoms with van der Waals surface area (Å²) >= 11 is 11.9. The van der Waals surface area contributed by atoms with Crippen molar-refractivity contribution in [1.29, 1.82) is 0 Å². The lowest BCUT2D eigenvalue weighted by molar-refractivity contribution is -0.118. The summed E-state index contributed by atoms with van der Waals surface area (Å²) in [5.74, 6) is 0.0666. The van der Waals surface area contributed by atoms with E-state index in [1.165, 1.54) is 7.11 Å². The van der Waals surface area contributed by atoms with Crippen LogP contribution in [0.2, 0.25) is 10.0 Å². The Kier molecular flexibility index (Phi) is 6.08. The molecular formula is C19H18Cl2N2O4. The molecule has 0 fully saturated rings. The smallest absolute Gasteiger partial charge is 0.409 e. The monoisotopic (exact) mass is 408 g/mol. The maximum atomic E-state index is 12.2. The van der Waals surface area contributed by atoms with Gasteiger partial charge in [-0.3, -0.25) is 4.79 Å². The van der Waals surface area contributed by atoms with Crippen LogP contribution in [0.5, 0.6) is 5.75 Å². The van der Waals surface area contributed by atoms with Crippen molar-refractivity contribution in [3.63, 3.8) is 0 Å². The van der Waals surface area contributed by atoms with E-state index in [2.05, 4.69) is 5.32 Å². The molecule has 6 nitrogen and oxygen atoms in total. The molecule has 0 bridgehead atoms. The van der Waals surface area contributed by atoms with Gasteiger partial charge in [0, 0.05) is 23.8 Å². The van der Waals surface area contributed by atoms with Crippen molar-refractivity contribution in [2.75, 3.05) is 25.6 Å². The fourth-order valence-electron chi connectivity index (χ4n) is 2.85. The van der Waals surface area contributed by atoms with Crippen molar-refractivity contribution < 1.29 is 19.1 Å². The van der Waals surface area contributed by atoms with E-state index in [-0.39, 0.29) is 18.6 Å². The van der Waals surface area contributed by atoms with Crippen molar-refractivity contribution in [2.24, 2.45) is 0 Å². The fourth-order valence-corrected chi connectivity index (χ4v) is 3.32. The third-order valence-corrected chi connectivity index (χ3v) is 4.72. The lowest BCUT2D eigenvalue weighted by Crippen LogP contribution is -2.35. The molecule has 0 unspecified atom stereocenters. The van der Waals surface area contributed by atoms with E-state index in [4.69, 9.17) is 32.7 Å². The molecule has 0 saturated heterocycles. The molecule has 1 aliphatic rings. The van der Waals surface area contributed by atoms with Crippen molar-refractivity contribution in [2.45, 2.75) is 13.0 Å². The molecule has 2 aromatic rings. The highest BCUT2D eigenvalue weighted by molar-refractivity contribution is 6.35. The van der Waals surface area contributed by atoms with Gasteiger partial charge in [-0.15, -0.1) is 0 Å². The molecule has 27 heavy (non-hydrogen) atoms. The van der Waals surface area contributed by atoms with Crippen molar-refractivity contribution in [1.82, 2.24) is 4.90 Å². The number of halogens is 2. The Bertz CT molecular complexity index is 873. The Morgan fingerprint density at radius 1 is 1.15 bits per heavy atom. The number of benzene rings is 2. The summed E-state index contributed by atoms with van der Waals surface area (Å²) in [6, 6.07) is 10.4. The van der Waals surface area contributed by atoms with Crippen LogP contribution < -0.4 is 10.1 Å². The second kappa shape index (κ2) is 8.50. The maximum Gasteiger partial charge on any atom is 0.409 e. The van der Waals surface area contributed by atoms with Gasteiger partial charge in [-0.25, -0.2) is 4.79 Å². The third kappa shape index (κ3) is 4.84. The van der Waals surface area contributed by atoms with Gasteiger partial charge in [0.05, 0.1) is 12.1 Å². The average Bonchev–Trinajstić information content (AvgIpc) is 2.66. The molecule has 2 aromatic carbocycles. The first-order chi connectivity index (χ1) is 13.0. The Balaban J connectivity index is 1.61. The van der Waals surface area contributed by atoms with Gasteiger partial charge in [-0.05, 0) is 47.9 Å². The highest BCUT2D eigenvalue weighted by Crippen LogP contribution is 2.27. The minimum atomic E-state index is -0.358. The summed E-state index contributed by atoms with van der Waals surface area (Å²) in [5, 5.41) is 3.62. The standard InChI is InChI=1S/C19H18Cl2N2O4/c1-26-19(25)23-7-6-12-2-4-15(8-13(12)10-23)22-18(24)11-27-17-5-3-14(20)9-16(17)21/h2-5,8-9H,6-7,10-11H2,1H3,(H,22,24). The van der Waals surface area contributed by atoms with E-state index in [0.717, 1.165) is 17.5 Å². The fraction of sp³-hybridized carbons (Fsp3) is 0.263. The van der Waals surface area contributed by atoms with E-state index >= 15 is 0 Å². The van der Waals surface area contributed by atoms with E-state index in [1.54, 1.807) is 23.1 Å². The van der Waals surface area contributed by atoms with Gasteiger partial charge in [0.1, 0.15) is 5.75 Å². The Hall–Kier alpha value is -2.44. The number of hydrogen-bond donors (Lipinski definition) is 1. The topological polar surface area (TPSA) is 67.9 Å². The molecule has 1 heterocycles. The van der Waals surface area contributed by atoms with Gasteiger partial charge in [0.2, 0.25) is 0 Å². The Labute approximate surface area is 167 Å². The number of amides is 2. The van der Waals surface area contributed by atoms with Crippen LogP contribution in [-0.4, -0.2) is 37.2 Å². The van der Waals surface area contributed by atoms with Gasteiger partial charge in [0.25, 0.3) is 5.91 Å². The predicted octanol–water partition coefficient (Wildman–Crippen LogP) is 4.14. The first-order valence-electron chi connectivity index (χ1n) is 8.28. The maximum absolute atomic E-state index is 12.2. The molecule has 1 N–H and O–H groups in total. The second-order valence-electron chi connectivity index (χ2n) is 6.04. The number of methoxy groups -OCH3 is 1. The highest BCUT2D eigenvalue weighted by Gasteiger charge is 2.21. The molecule has 8 heteroatoms. The van der Waals surface area contributed by atoms with E-state index < -0.39 is 0 Å². The Morgan fingerprint density at radius 3 is 2.70 bits per heavy atom. The summed E-state index contributed by atoms with van der Waals surface area (Å²) in [6.07, 6.45) is 0.389. The lowest BCUT2D eigenvalue weighted by atomic mass is 9.99. The van der Waals surface area contributed by atoms with Crippen molar-refractivity contribution >= 4 is 40.9 Å². The first-order valence-corrected chi connectivity index (χ1v) is 9.04. The SMILES string of the molecule is COC(=O)N1CCc2ccc(NC(=O)COc3ccc(Cl)cc3Cl)cc2C1. The summed E-state index contributed by atoms with van der Waals surface area (Å²) in [4.78, 5) is 25.5. The normalized spacial score (nSPS) is 12.9. The number of carbonyl (C=O) groups is 2. The van der Waals surface area contributed by atoms with E-state index in [9.17, 15) is 9.59 Å². The van der Waals surface area contributed by atoms with Crippen LogP contribution in [0.25, 0.3) is 0 Å². The predicted molar refractivity (Wildman–Crippen MR) is 104 cm³/mol. The number of ether oxygens (including phenoxy) is 2. The Morgan fingerprint density at radius 2 is 1.96 bits per heavy atom. The molecule has 0 aliphatic carbocycles. The molecule has 0 spiro atoms. The molecule has 142 valence electrons. The minimum absolute atomic E-state index is 0.188. The molecule has 0 aromatic heterocycles. The number of hydrogen-bond acceptors (Lipinski definition) is 4. The van der Waals surface area contributed by atoms with Crippen LogP contribution in [0.3, 0.4) is 0 Å². The van der Waals surface area contributed by atoms with Crippen LogP contribution in [0, 0.1) is 0 Å². The van der Waals surface area contributed by atoms with Crippen LogP contribution in [0.4, 0.5) is 10.5 Å². The first kappa shape index (κ1) is 19.3. The molecule has 0 atom stereocenters. The minimum Gasteiger partial charge on any atom is -0.482 e. The highest BCUT2D eigenvalue weighted by atomic mass is 35.5. The van der Waals surface area contributed by atoms with Gasteiger partial charge in [-0.2, -0.15) is 0 Å². The van der Waals surface area contributed by atoms with Crippen LogP contribution in [-0.2, 0) is 22.5 Å². The zero-order valence-corrected chi connectivity index (χ0v) is 16.1. The largest absolute Gasteiger partial charge is 0.482 e. The molecule has 2 amide bonds. The molecule has 0 saturated carbocycles. The number of carbonyl (C=O) groups excluding carboxylic acids is 2. The van der Waals surface area contributed by atoms with Gasteiger partial charge >= 0.3 is 6.09 Å². The lowest BCUT2D eigenvalue weighted by Gasteiger charge is -2.28. The van der Waals surface area contributed by atoms with Gasteiger partial charge in [-0.1, -0.05) is 29.3 Å². The molecule has 3 rings (SSSR count). The summed E-state index contributed by atoms with van der Waals surface area (Å²) in [7, 11) is 1.36. The quantitative estimate of drug-likeness (QED) is 0.825. The summed E-state index contributed by atoms with van der Waals surface area (Å²) in [5.41, 5.74) is 2.76. The van der Waals surface area contributed by atoms with Crippen molar-refractivity contribution in [3.8, 4) is 5.75 Å². The van der Waals surface area contributed by atoms with Gasteiger partial charge in [0.15, 0.2) is 6.61 Å². The van der Waals surface area contributed by atoms with Crippen LogP contribution in [0.15, 0.2) is 36.4 Å². The number of fused-ring (bicyclic) bond motifs is 1. The number of nitrogens with one attached hydrogen (secondary N) is 1. The number of anilines is 1. The van der Waals surface area contributed by atoms with Crippen LogP contribution >= 0.6 is 23.2 Å². The number of rotatable bonds is 4. The van der Waals surface area contributed by atoms with Gasteiger partial charge < -0.3 is 19.7 Å². The summed E-state index contributed by atoms with van der Waals surface area (Å²) in [6.45, 7) is 0.871. The zero-order chi connectivity index (χ0) is 19.4.